The van der Waals surface area contributed by atoms with E-state index in [2.05, 4.69) is 15.0 Å². The molecule has 0 aliphatic carbocycles. The van der Waals surface area contributed by atoms with Crippen LogP contribution in [0.1, 0.15) is 29.8 Å². The molecule has 0 unspecified atom stereocenters. The van der Waals surface area contributed by atoms with Crippen molar-refractivity contribution in [2.24, 2.45) is 0 Å². The number of hydrogen-bond donors (Lipinski definition) is 3. The largest absolute Gasteiger partial charge is 0.382 e. The average Bonchev–Trinajstić information content (AvgIpc) is 2.77. The van der Waals surface area contributed by atoms with Crippen LogP contribution in [0.2, 0.25) is 0 Å². The first kappa shape index (κ1) is 15.2. The predicted molar refractivity (Wildman–Crippen MR) is 82.9 cm³/mol. The zero-order chi connectivity index (χ0) is 15.4. The quantitative estimate of drug-likeness (QED) is 0.793. The monoisotopic (exact) mass is 308 g/mol. The third-order valence-corrected chi connectivity index (χ3v) is 3.53. The van der Waals surface area contributed by atoms with Crippen molar-refractivity contribution in [1.29, 1.82) is 0 Å². The van der Waals surface area contributed by atoms with Crippen LogP contribution >= 0.6 is 11.5 Å². The van der Waals surface area contributed by atoms with Crippen LogP contribution in [0.15, 0.2) is 24.3 Å². The SMILES string of the molecule is CC(C)NC(=O)c1c(N)nsc1NCc1cccc(F)c1. The van der Waals surface area contributed by atoms with Crippen molar-refractivity contribution in [3.8, 4) is 0 Å². The maximum absolute atomic E-state index is 13.1. The van der Waals surface area contributed by atoms with E-state index in [1.165, 1.54) is 12.1 Å². The van der Waals surface area contributed by atoms with Crippen molar-refractivity contribution < 1.29 is 9.18 Å². The highest BCUT2D eigenvalue weighted by Gasteiger charge is 2.19. The second kappa shape index (κ2) is 6.53. The third kappa shape index (κ3) is 3.91. The third-order valence-electron chi connectivity index (χ3n) is 2.71. The number of hydrogen-bond acceptors (Lipinski definition) is 5. The summed E-state index contributed by atoms with van der Waals surface area (Å²) in [5.74, 6) is -0.367. The standard InChI is InChI=1S/C14H17FN4OS/c1-8(2)18-13(20)11-12(16)19-21-14(11)17-7-9-4-3-5-10(15)6-9/h3-6,8,17H,7H2,1-2H3,(H2,16,19)(H,18,20). The Bertz CT molecular complexity index is 642. The molecule has 5 nitrogen and oxygen atoms in total. The molecule has 0 bridgehead atoms. The summed E-state index contributed by atoms with van der Waals surface area (Å²) in [5.41, 5.74) is 6.86. The van der Waals surface area contributed by atoms with Gasteiger partial charge in [0.1, 0.15) is 16.4 Å². The van der Waals surface area contributed by atoms with Crippen LogP contribution in [0.3, 0.4) is 0 Å². The number of carbonyl (C=O) groups excluding carboxylic acids is 1. The summed E-state index contributed by atoms with van der Waals surface area (Å²) in [5, 5.41) is 6.44. The highest BCUT2D eigenvalue weighted by atomic mass is 32.1. The van der Waals surface area contributed by atoms with Crippen molar-refractivity contribution >= 4 is 28.3 Å². The molecule has 21 heavy (non-hydrogen) atoms. The predicted octanol–water partition coefficient (Wildman–Crippen LogP) is 2.61. The fourth-order valence-electron chi connectivity index (χ4n) is 1.81. The average molecular weight is 308 g/mol. The second-order valence-electron chi connectivity index (χ2n) is 4.88. The lowest BCUT2D eigenvalue weighted by atomic mass is 10.2. The van der Waals surface area contributed by atoms with E-state index in [-0.39, 0.29) is 23.6 Å². The smallest absolute Gasteiger partial charge is 0.258 e. The Kier molecular flexibility index (Phi) is 4.74. The highest BCUT2D eigenvalue weighted by molar-refractivity contribution is 7.11. The van der Waals surface area contributed by atoms with Crippen molar-refractivity contribution in [2.75, 3.05) is 11.1 Å². The number of halogens is 1. The summed E-state index contributed by atoms with van der Waals surface area (Å²) in [7, 11) is 0. The fourth-order valence-corrected chi connectivity index (χ4v) is 2.51. The number of anilines is 2. The molecule has 1 heterocycles. The summed E-state index contributed by atoms with van der Waals surface area (Å²) in [6.07, 6.45) is 0. The van der Waals surface area contributed by atoms with Crippen molar-refractivity contribution in [2.45, 2.75) is 26.4 Å². The fraction of sp³-hybridized carbons (Fsp3) is 0.286. The van der Waals surface area contributed by atoms with Gasteiger partial charge >= 0.3 is 0 Å². The Morgan fingerprint density at radius 3 is 2.90 bits per heavy atom. The number of nitrogens with one attached hydrogen (secondary N) is 2. The first-order chi connectivity index (χ1) is 9.97. The van der Waals surface area contributed by atoms with Gasteiger partial charge in [0.25, 0.3) is 5.91 Å². The highest BCUT2D eigenvalue weighted by Crippen LogP contribution is 2.27. The van der Waals surface area contributed by atoms with E-state index in [0.717, 1.165) is 17.1 Å². The molecule has 2 aromatic rings. The minimum atomic E-state index is -0.295. The van der Waals surface area contributed by atoms with Crippen LogP contribution in [0.4, 0.5) is 15.2 Å². The topological polar surface area (TPSA) is 80.0 Å². The Labute approximate surface area is 126 Å². The summed E-state index contributed by atoms with van der Waals surface area (Å²) >= 11 is 1.11. The van der Waals surface area contributed by atoms with Gasteiger partial charge in [0.05, 0.1) is 0 Å². The number of rotatable bonds is 5. The lowest BCUT2D eigenvalue weighted by Gasteiger charge is -2.10. The molecule has 1 aromatic carbocycles. The molecule has 2 rings (SSSR count). The lowest BCUT2D eigenvalue weighted by molar-refractivity contribution is 0.0945. The van der Waals surface area contributed by atoms with E-state index in [0.29, 0.717) is 17.1 Å². The van der Waals surface area contributed by atoms with Crippen LogP contribution in [-0.4, -0.2) is 16.3 Å². The first-order valence-electron chi connectivity index (χ1n) is 6.51. The van der Waals surface area contributed by atoms with Gasteiger partial charge in [-0.1, -0.05) is 12.1 Å². The van der Waals surface area contributed by atoms with E-state index < -0.39 is 0 Å². The summed E-state index contributed by atoms with van der Waals surface area (Å²) < 4.78 is 17.1. The Hall–Kier alpha value is -2.15. The van der Waals surface area contributed by atoms with Gasteiger partial charge in [-0.2, -0.15) is 4.37 Å². The van der Waals surface area contributed by atoms with E-state index >= 15 is 0 Å². The van der Waals surface area contributed by atoms with Gasteiger partial charge in [-0.05, 0) is 43.1 Å². The minimum Gasteiger partial charge on any atom is -0.382 e. The normalized spacial score (nSPS) is 10.7. The maximum Gasteiger partial charge on any atom is 0.258 e. The van der Waals surface area contributed by atoms with Crippen molar-refractivity contribution in [3.63, 3.8) is 0 Å². The molecular weight excluding hydrogens is 291 g/mol. The molecule has 4 N–H and O–H groups in total. The molecule has 1 aromatic heterocycles. The summed E-state index contributed by atoms with van der Waals surface area (Å²) in [4.78, 5) is 12.1. The van der Waals surface area contributed by atoms with Crippen molar-refractivity contribution in [3.05, 3.63) is 41.2 Å². The number of aromatic nitrogens is 1. The molecule has 0 radical (unpaired) electrons. The van der Waals surface area contributed by atoms with Crippen LogP contribution in [0.25, 0.3) is 0 Å². The lowest BCUT2D eigenvalue weighted by Crippen LogP contribution is -2.30. The molecule has 0 atom stereocenters. The number of amides is 1. The van der Waals surface area contributed by atoms with E-state index in [9.17, 15) is 9.18 Å². The number of carbonyl (C=O) groups is 1. The maximum atomic E-state index is 13.1. The number of nitrogens with two attached hydrogens (primary N) is 1. The van der Waals surface area contributed by atoms with Crippen LogP contribution in [0, 0.1) is 5.82 Å². The van der Waals surface area contributed by atoms with Crippen LogP contribution < -0.4 is 16.4 Å². The Balaban J connectivity index is 2.12. The Morgan fingerprint density at radius 1 is 1.48 bits per heavy atom. The zero-order valence-corrected chi connectivity index (χ0v) is 12.6. The number of nitrogens with zero attached hydrogens (tertiary/aromatic N) is 1. The van der Waals surface area contributed by atoms with Gasteiger partial charge in [-0.3, -0.25) is 4.79 Å². The molecule has 0 aliphatic rings. The van der Waals surface area contributed by atoms with Gasteiger partial charge in [0, 0.05) is 12.6 Å². The van der Waals surface area contributed by atoms with E-state index in [1.54, 1.807) is 12.1 Å². The molecule has 0 aliphatic heterocycles. The molecule has 0 fully saturated rings. The second-order valence-corrected chi connectivity index (χ2v) is 5.66. The summed E-state index contributed by atoms with van der Waals surface area (Å²) in [6, 6.07) is 6.27. The number of nitrogen functional groups attached to an aromatic ring is 1. The van der Waals surface area contributed by atoms with Gasteiger partial charge < -0.3 is 16.4 Å². The summed E-state index contributed by atoms with van der Waals surface area (Å²) in [6.45, 7) is 4.13. The van der Waals surface area contributed by atoms with Crippen LogP contribution in [0.5, 0.6) is 0 Å². The molecule has 0 saturated heterocycles. The van der Waals surface area contributed by atoms with Gasteiger partial charge in [-0.25, -0.2) is 4.39 Å². The van der Waals surface area contributed by atoms with Gasteiger partial charge in [0.15, 0.2) is 5.82 Å². The molecule has 7 heteroatoms. The van der Waals surface area contributed by atoms with E-state index in [1.807, 2.05) is 13.8 Å². The molecule has 0 spiro atoms. The van der Waals surface area contributed by atoms with E-state index in [4.69, 9.17) is 5.73 Å². The number of benzene rings is 1. The molecule has 112 valence electrons. The Morgan fingerprint density at radius 2 is 2.24 bits per heavy atom. The first-order valence-corrected chi connectivity index (χ1v) is 7.29. The van der Waals surface area contributed by atoms with Crippen molar-refractivity contribution in [1.82, 2.24) is 9.69 Å². The van der Waals surface area contributed by atoms with Gasteiger partial charge in [0.2, 0.25) is 0 Å². The molecule has 0 saturated carbocycles. The van der Waals surface area contributed by atoms with Gasteiger partial charge in [-0.15, -0.1) is 0 Å². The molecular formula is C14H17FN4OS. The minimum absolute atomic E-state index is 0.00729. The van der Waals surface area contributed by atoms with Crippen LogP contribution in [-0.2, 0) is 6.54 Å². The molecule has 1 amide bonds. The zero-order valence-electron chi connectivity index (χ0n) is 11.8.